The largest absolute Gasteiger partial charge is 0.345 e. The predicted molar refractivity (Wildman–Crippen MR) is 188 cm³/mol. The van der Waals surface area contributed by atoms with E-state index in [0.29, 0.717) is 0 Å². The van der Waals surface area contributed by atoms with Gasteiger partial charge in [-0.3, -0.25) is 0 Å². The molecule has 1 atom stereocenters. The highest BCUT2D eigenvalue weighted by Gasteiger charge is 2.36. The molecule has 0 saturated carbocycles. The summed E-state index contributed by atoms with van der Waals surface area (Å²) >= 11 is 1.70. The zero-order valence-electron chi connectivity index (χ0n) is 24.8. The third-order valence-corrected chi connectivity index (χ3v) is 11.0. The molecule has 0 saturated heterocycles. The second-order valence-electron chi connectivity index (χ2n) is 12.7. The second-order valence-corrected chi connectivity index (χ2v) is 13.7. The Kier molecular flexibility index (Phi) is 4.92. The molecule has 1 aliphatic heterocycles. The Bertz CT molecular complexity index is 2560. The molecule has 2 aromatic heterocycles. The van der Waals surface area contributed by atoms with Crippen molar-refractivity contribution in [1.29, 1.82) is 0 Å². The fourth-order valence-corrected chi connectivity index (χ4v) is 8.83. The maximum absolute atomic E-state index is 5.32. The molecule has 4 heteroatoms. The fraction of sp³-hybridized carbons (Fsp3) is 0.0976. The smallest absolute Gasteiger partial charge is 0.136 e. The van der Waals surface area contributed by atoms with Gasteiger partial charge in [0.15, 0.2) is 0 Å². The summed E-state index contributed by atoms with van der Waals surface area (Å²) in [5.41, 5.74) is 9.97. The third-order valence-electron chi connectivity index (χ3n) is 9.94. The minimum atomic E-state index is -0.168. The van der Waals surface area contributed by atoms with Crippen LogP contribution in [0.25, 0.3) is 53.8 Å². The second kappa shape index (κ2) is 8.85. The molecule has 0 spiro atoms. The van der Waals surface area contributed by atoms with Crippen molar-refractivity contribution in [2.75, 3.05) is 0 Å². The molecule has 212 valence electrons. The van der Waals surface area contributed by atoms with E-state index in [9.17, 15) is 0 Å². The number of benzene rings is 5. The molecule has 2 aliphatic rings. The molecule has 0 fully saturated rings. The molecule has 1 aliphatic carbocycles. The van der Waals surface area contributed by atoms with E-state index in [4.69, 9.17) is 4.99 Å². The Balaban J connectivity index is 1.23. The molecular formula is C41H27N3S. The molecule has 0 amide bonds. The average Bonchev–Trinajstić information content (AvgIpc) is 3.69. The maximum atomic E-state index is 5.32. The number of nitrogens with one attached hydrogen (secondary N) is 1. The highest BCUT2D eigenvalue weighted by atomic mass is 32.1. The van der Waals surface area contributed by atoms with Gasteiger partial charge in [0.2, 0.25) is 0 Å². The lowest BCUT2D eigenvalue weighted by molar-refractivity contribution is 0.584. The van der Waals surface area contributed by atoms with Gasteiger partial charge in [-0.25, -0.2) is 4.99 Å². The van der Waals surface area contributed by atoms with E-state index < -0.39 is 0 Å². The van der Waals surface area contributed by atoms with Gasteiger partial charge in [-0.1, -0.05) is 105 Å². The predicted octanol–water partition coefficient (Wildman–Crippen LogP) is 10.3. The molecule has 0 bridgehead atoms. The first kappa shape index (κ1) is 25.0. The van der Waals surface area contributed by atoms with Gasteiger partial charge in [0.05, 0.1) is 15.7 Å². The first-order valence-corrected chi connectivity index (χ1v) is 16.2. The lowest BCUT2D eigenvalue weighted by atomic mass is 9.82. The van der Waals surface area contributed by atoms with Crippen molar-refractivity contribution in [3.05, 3.63) is 150 Å². The monoisotopic (exact) mass is 593 g/mol. The average molecular weight is 594 g/mol. The summed E-state index contributed by atoms with van der Waals surface area (Å²) in [6.07, 6.45) is -0.168. The van der Waals surface area contributed by atoms with E-state index in [2.05, 4.69) is 145 Å². The zero-order chi connectivity index (χ0) is 29.9. The number of hydrogen-bond donors (Lipinski definition) is 1. The Morgan fingerprint density at radius 2 is 1.51 bits per heavy atom. The molecule has 3 nitrogen and oxygen atoms in total. The van der Waals surface area contributed by atoms with Crippen LogP contribution in [0.1, 0.15) is 42.3 Å². The van der Waals surface area contributed by atoms with Gasteiger partial charge < -0.3 is 9.88 Å². The van der Waals surface area contributed by atoms with Crippen LogP contribution in [0.15, 0.2) is 120 Å². The highest BCUT2D eigenvalue weighted by molar-refractivity contribution is 7.22. The van der Waals surface area contributed by atoms with Crippen LogP contribution >= 0.6 is 11.3 Å². The molecule has 1 unspecified atom stereocenters. The molecule has 6 aromatic carbocycles. The van der Waals surface area contributed by atoms with Gasteiger partial charge in [0.25, 0.3) is 0 Å². The van der Waals surface area contributed by atoms with E-state index in [-0.39, 0.29) is 11.6 Å². The van der Waals surface area contributed by atoms with Gasteiger partial charge >= 0.3 is 0 Å². The van der Waals surface area contributed by atoms with Crippen LogP contribution in [0.5, 0.6) is 0 Å². The Morgan fingerprint density at radius 1 is 0.733 bits per heavy atom. The number of aromatic nitrogens is 1. The summed E-state index contributed by atoms with van der Waals surface area (Å²) in [5, 5.41) is 11.2. The summed E-state index contributed by atoms with van der Waals surface area (Å²) in [4.78, 5) is 5.32. The van der Waals surface area contributed by atoms with Crippen molar-refractivity contribution >= 4 is 64.8 Å². The summed E-state index contributed by atoms with van der Waals surface area (Å²) in [5.74, 6) is 0.893. The van der Waals surface area contributed by atoms with E-state index in [0.717, 1.165) is 21.1 Å². The number of nitrogens with zero attached hydrogens (tertiary/aromatic N) is 2. The normalized spacial score (nSPS) is 16.3. The molecule has 10 rings (SSSR count). The van der Waals surface area contributed by atoms with E-state index in [1.807, 2.05) is 6.07 Å². The Hall–Kier alpha value is -5.37. The third kappa shape index (κ3) is 3.39. The van der Waals surface area contributed by atoms with E-state index in [1.54, 1.807) is 11.3 Å². The number of hydrogen-bond acceptors (Lipinski definition) is 3. The number of rotatable bonds is 2. The first-order valence-electron chi connectivity index (χ1n) is 15.4. The van der Waals surface area contributed by atoms with Crippen molar-refractivity contribution < 1.29 is 0 Å². The van der Waals surface area contributed by atoms with Gasteiger partial charge in [0.1, 0.15) is 17.0 Å². The standard InChI is InChI=1S/C41H27N3S/c1-41(2)32-16-8-5-13-27(32)28-20-19-26(22-33(28)41)38-42-39(37-30-15-7-10-18-36(30)45-40(37)43-38)44-34-17-9-6-14-29(34)31-21-24-11-3-4-12-25(24)23-35(31)44/h3-9,11-17,19-23,39H,1-2H3,(H,42,43). The van der Waals surface area contributed by atoms with Crippen molar-refractivity contribution in [3.63, 3.8) is 0 Å². The van der Waals surface area contributed by atoms with Crippen LogP contribution in [0, 0.1) is 12.1 Å². The van der Waals surface area contributed by atoms with Gasteiger partial charge in [0, 0.05) is 32.7 Å². The lowest BCUT2D eigenvalue weighted by Gasteiger charge is -2.29. The van der Waals surface area contributed by atoms with Crippen molar-refractivity contribution in [2.24, 2.45) is 4.99 Å². The molecule has 45 heavy (non-hydrogen) atoms. The van der Waals surface area contributed by atoms with Gasteiger partial charge in [-0.05, 0) is 69.4 Å². The molecule has 8 aromatic rings. The van der Waals surface area contributed by atoms with Gasteiger partial charge in [-0.2, -0.15) is 0 Å². The van der Waals surface area contributed by atoms with Gasteiger partial charge in [-0.15, -0.1) is 11.3 Å². The Labute approximate surface area is 265 Å². The lowest BCUT2D eigenvalue weighted by Crippen LogP contribution is -2.36. The van der Waals surface area contributed by atoms with Crippen LogP contribution in [0.4, 0.5) is 5.00 Å². The fourth-order valence-electron chi connectivity index (χ4n) is 7.77. The van der Waals surface area contributed by atoms with Crippen LogP contribution in [-0.4, -0.2) is 10.4 Å². The topological polar surface area (TPSA) is 29.3 Å². The summed E-state index contributed by atoms with van der Waals surface area (Å²) in [7, 11) is 0. The van der Waals surface area contributed by atoms with E-state index >= 15 is 0 Å². The van der Waals surface area contributed by atoms with Crippen molar-refractivity contribution in [3.8, 4) is 11.1 Å². The van der Waals surface area contributed by atoms with Crippen LogP contribution in [-0.2, 0) is 5.41 Å². The molecule has 1 N–H and O–H groups in total. The Morgan fingerprint density at radius 3 is 2.42 bits per heavy atom. The van der Waals surface area contributed by atoms with E-state index in [1.165, 1.54) is 65.8 Å². The summed E-state index contributed by atoms with van der Waals surface area (Å²) in [6, 6.07) is 48.5. The highest BCUT2D eigenvalue weighted by Crippen LogP contribution is 2.50. The van der Waals surface area contributed by atoms with Crippen molar-refractivity contribution in [2.45, 2.75) is 25.4 Å². The number of para-hydroxylation sites is 1. The number of amidine groups is 1. The van der Waals surface area contributed by atoms with Crippen LogP contribution < -0.4 is 5.32 Å². The summed E-state index contributed by atoms with van der Waals surface area (Å²) in [6.45, 7) is 4.67. The van der Waals surface area contributed by atoms with Crippen LogP contribution in [0.2, 0.25) is 0 Å². The maximum Gasteiger partial charge on any atom is 0.136 e. The number of aliphatic imine (C=N–C) groups is 1. The molecule has 0 radical (unpaired) electrons. The van der Waals surface area contributed by atoms with Crippen molar-refractivity contribution in [1.82, 2.24) is 9.88 Å². The number of thiophene rings is 1. The zero-order valence-corrected chi connectivity index (χ0v) is 25.7. The molecule has 3 heterocycles. The first-order chi connectivity index (χ1) is 22.1. The SMILES string of the molecule is CC1(C)c2ccccc2-c2ccc(C3=Nc4sc5c#cccc5c4C(n4c5ccccc5c5cc6ccccc6cc54)N3)cc21. The molecular weight excluding hydrogens is 567 g/mol. The quantitative estimate of drug-likeness (QED) is 0.212. The summed E-state index contributed by atoms with van der Waals surface area (Å²) < 4.78 is 3.57. The van der Waals surface area contributed by atoms with Crippen LogP contribution in [0.3, 0.4) is 0 Å². The minimum absolute atomic E-state index is 0.0853. The minimum Gasteiger partial charge on any atom is -0.345 e. The number of fused-ring (bicyclic) bond motifs is 10.